The Morgan fingerprint density at radius 1 is 1.15 bits per heavy atom. The molecule has 0 bridgehead atoms. The van der Waals surface area contributed by atoms with E-state index < -0.39 is 6.03 Å². The highest BCUT2D eigenvalue weighted by molar-refractivity contribution is 6.42. The van der Waals surface area contributed by atoms with Crippen molar-refractivity contribution in [2.75, 3.05) is 6.54 Å². The zero-order chi connectivity index (χ0) is 19.0. The summed E-state index contributed by atoms with van der Waals surface area (Å²) in [6.07, 6.45) is 3.19. The molecule has 1 fully saturated rings. The minimum Gasteiger partial charge on any atom is -0.318 e. The molecule has 7 heteroatoms. The second kappa shape index (κ2) is 7.02. The molecule has 0 atom stereocenters. The number of rotatable bonds is 4. The third-order valence-corrected chi connectivity index (χ3v) is 4.94. The summed E-state index contributed by atoms with van der Waals surface area (Å²) in [5.74, 6) is -0.366. The number of amides is 3. The molecule has 0 unspecified atom stereocenters. The maximum atomic E-state index is 12.4. The van der Waals surface area contributed by atoms with Crippen molar-refractivity contribution >= 4 is 41.2 Å². The Kier molecular flexibility index (Phi) is 4.94. The van der Waals surface area contributed by atoms with Crippen LogP contribution < -0.4 is 5.32 Å². The fourth-order valence-corrected chi connectivity index (χ4v) is 3.27. The molecule has 3 amide bonds. The van der Waals surface area contributed by atoms with E-state index in [4.69, 9.17) is 23.2 Å². The van der Waals surface area contributed by atoms with Gasteiger partial charge in [-0.25, -0.2) is 4.79 Å². The van der Waals surface area contributed by atoms with Crippen LogP contribution in [0.4, 0.5) is 4.79 Å². The molecule has 2 aromatic rings. The van der Waals surface area contributed by atoms with Crippen molar-refractivity contribution in [3.05, 3.63) is 69.6 Å². The predicted molar refractivity (Wildman–Crippen MR) is 104 cm³/mol. The Labute approximate surface area is 161 Å². The molecule has 1 aromatic heterocycles. The lowest BCUT2D eigenvalue weighted by Crippen LogP contribution is -2.30. The molecule has 1 aliphatic heterocycles. The Hall–Kier alpha value is -2.50. The number of halogens is 2. The number of aromatic nitrogens is 1. The van der Waals surface area contributed by atoms with Gasteiger partial charge in [0.2, 0.25) is 0 Å². The van der Waals surface area contributed by atoms with Crippen molar-refractivity contribution in [2.45, 2.75) is 13.8 Å². The number of hydrogen-bond acceptors (Lipinski definition) is 2. The zero-order valence-corrected chi connectivity index (χ0v) is 15.9. The van der Waals surface area contributed by atoms with Crippen LogP contribution in [-0.4, -0.2) is 28.0 Å². The number of urea groups is 1. The standard InChI is InChI=1S/C19H17Cl2N3O2/c1-4-7-23-18(25)17(22-19(23)26)9-13-8-11(2)24(12(13)3)14-5-6-15(20)16(21)10-14/h4-6,8-10H,1,7H2,2-3H3,(H,22,26)/b17-9-. The van der Waals surface area contributed by atoms with E-state index in [0.717, 1.165) is 27.5 Å². The maximum absolute atomic E-state index is 12.4. The Morgan fingerprint density at radius 3 is 2.54 bits per heavy atom. The fraction of sp³-hybridized carbons (Fsp3) is 0.158. The summed E-state index contributed by atoms with van der Waals surface area (Å²) in [4.78, 5) is 25.4. The van der Waals surface area contributed by atoms with E-state index in [2.05, 4.69) is 11.9 Å². The van der Waals surface area contributed by atoms with Gasteiger partial charge in [-0.15, -0.1) is 6.58 Å². The van der Waals surface area contributed by atoms with Gasteiger partial charge in [-0.05, 0) is 49.8 Å². The normalized spacial score (nSPS) is 15.7. The number of carbonyl (C=O) groups is 2. The first-order valence-electron chi connectivity index (χ1n) is 7.93. The number of aryl methyl sites for hydroxylation is 1. The lowest BCUT2D eigenvalue weighted by atomic mass is 10.2. The van der Waals surface area contributed by atoms with Gasteiger partial charge in [0.25, 0.3) is 5.91 Å². The van der Waals surface area contributed by atoms with Crippen molar-refractivity contribution < 1.29 is 9.59 Å². The summed E-state index contributed by atoms with van der Waals surface area (Å²) >= 11 is 12.1. The molecule has 0 spiro atoms. The number of benzene rings is 1. The monoisotopic (exact) mass is 389 g/mol. The maximum Gasteiger partial charge on any atom is 0.329 e. The molecular weight excluding hydrogens is 373 g/mol. The smallest absolute Gasteiger partial charge is 0.318 e. The summed E-state index contributed by atoms with van der Waals surface area (Å²) in [5.41, 5.74) is 3.82. The molecular formula is C19H17Cl2N3O2. The first-order valence-corrected chi connectivity index (χ1v) is 8.69. The number of nitrogens with zero attached hydrogens (tertiary/aromatic N) is 2. The summed E-state index contributed by atoms with van der Waals surface area (Å²) in [6, 6.07) is 6.90. The molecule has 134 valence electrons. The molecule has 26 heavy (non-hydrogen) atoms. The lowest BCUT2D eigenvalue weighted by molar-refractivity contribution is -0.122. The predicted octanol–water partition coefficient (Wildman–Crippen LogP) is 4.48. The van der Waals surface area contributed by atoms with Gasteiger partial charge in [0.05, 0.1) is 10.0 Å². The molecule has 0 radical (unpaired) electrons. The van der Waals surface area contributed by atoms with Crippen LogP contribution in [0, 0.1) is 13.8 Å². The summed E-state index contributed by atoms with van der Waals surface area (Å²) in [6.45, 7) is 7.62. The molecule has 1 aromatic carbocycles. The second-order valence-corrected chi connectivity index (χ2v) is 6.77. The van der Waals surface area contributed by atoms with Crippen LogP contribution in [-0.2, 0) is 4.79 Å². The minimum absolute atomic E-state index is 0.171. The molecule has 0 saturated carbocycles. The molecule has 0 aliphatic carbocycles. The molecule has 1 aliphatic rings. The zero-order valence-electron chi connectivity index (χ0n) is 14.3. The molecule has 5 nitrogen and oxygen atoms in total. The van der Waals surface area contributed by atoms with Crippen LogP contribution in [0.25, 0.3) is 11.8 Å². The average Bonchev–Trinajstić information content (AvgIpc) is 3.01. The minimum atomic E-state index is -0.445. The first-order chi connectivity index (χ1) is 12.3. The van der Waals surface area contributed by atoms with Gasteiger partial charge in [-0.1, -0.05) is 29.3 Å². The van der Waals surface area contributed by atoms with Crippen molar-refractivity contribution in [1.82, 2.24) is 14.8 Å². The van der Waals surface area contributed by atoms with Crippen molar-refractivity contribution in [1.29, 1.82) is 0 Å². The first kappa shape index (κ1) is 18.3. The summed E-state index contributed by atoms with van der Waals surface area (Å²) in [5, 5.41) is 3.56. The molecule has 1 N–H and O–H groups in total. The second-order valence-electron chi connectivity index (χ2n) is 5.95. The van der Waals surface area contributed by atoms with Crippen LogP contribution >= 0.6 is 23.2 Å². The average molecular weight is 390 g/mol. The van der Waals surface area contributed by atoms with E-state index in [1.807, 2.05) is 30.5 Å². The molecule has 2 heterocycles. The Balaban J connectivity index is 2.01. The number of nitrogens with one attached hydrogen (secondary N) is 1. The van der Waals surface area contributed by atoms with Gasteiger partial charge >= 0.3 is 6.03 Å². The van der Waals surface area contributed by atoms with Crippen LogP contribution in [0.3, 0.4) is 0 Å². The van der Waals surface area contributed by atoms with Crippen LogP contribution in [0.5, 0.6) is 0 Å². The van der Waals surface area contributed by atoms with Crippen LogP contribution in [0.15, 0.2) is 42.6 Å². The number of imide groups is 1. The van der Waals surface area contributed by atoms with Crippen LogP contribution in [0.2, 0.25) is 10.0 Å². The molecule has 1 saturated heterocycles. The van der Waals surface area contributed by atoms with E-state index in [9.17, 15) is 9.59 Å². The van der Waals surface area contributed by atoms with E-state index in [-0.39, 0.29) is 18.1 Å². The van der Waals surface area contributed by atoms with Crippen molar-refractivity contribution in [3.8, 4) is 5.69 Å². The molecule has 3 rings (SSSR count). The van der Waals surface area contributed by atoms with Crippen molar-refractivity contribution in [3.63, 3.8) is 0 Å². The fourth-order valence-electron chi connectivity index (χ4n) is 2.98. The van der Waals surface area contributed by atoms with Crippen LogP contribution in [0.1, 0.15) is 17.0 Å². The number of hydrogen-bond donors (Lipinski definition) is 1. The summed E-state index contributed by atoms with van der Waals surface area (Å²) in [7, 11) is 0. The van der Waals surface area contributed by atoms with Gasteiger partial charge in [-0.3, -0.25) is 9.69 Å². The Morgan fingerprint density at radius 2 is 1.88 bits per heavy atom. The van der Waals surface area contributed by atoms with Gasteiger partial charge < -0.3 is 9.88 Å². The van der Waals surface area contributed by atoms with Gasteiger partial charge in [-0.2, -0.15) is 0 Å². The van der Waals surface area contributed by atoms with Crippen molar-refractivity contribution in [2.24, 2.45) is 0 Å². The van der Waals surface area contributed by atoms with Gasteiger partial charge in [0.15, 0.2) is 0 Å². The van der Waals surface area contributed by atoms with E-state index in [0.29, 0.717) is 10.0 Å². The lowest BCUT2D eigenvalue weighted by Gasteiger charge is -2.10. The SMILES string of the molecule is C=CCN1C(=O)N/C(=C\c2cc(C)n(-c3ccc(Cl)c(Cl)c3)c2C)C1=O. The largest absolute Gasteiger partial charge is 0.329 e. The van der Waals surface area contributed by atoms with E-state index in [1.165, 1.54) is 6.08 Å². The highest BCUT2D eigenvalue weighted by Crippen LogP contribution is 2.28. The topological polar surface area (TPSA) is 54.3 Å². The highest BCUT2D eigenvalue weighted by Gasteiger charge is 2.32. The number of carbonyl (C=O) groups excluding carboxylic acids is 2. The highest BCUT2D eigenvalue weighted by atomic mass is 35.5. The third kappa shape index (κ3) is 3.16. The third-order valence-electron chi connectivity index (χ3n) is 4.21. The van der Waals surface area contributed by atoms with E-state index in [1.54, 1.807) is 18.2 Å². The van der Waals surface area contributed by atoms with Gasteiger partial charge in [0.1, 0.15) is 5.70 Å². The Bertz CT molecular complexity index is 960. The quantitative estimate of drug-likeness (QED) is 0.476. The summed E-state index contributed by atoms with van der Waals surface area (Å²) < 4.78 is 2.01. The van der Waals surface area contributed by atoms with Gasteiger partial charge in [0, 0.05) is 23.6 Å². The van der Waals surface area contributed by atoms with E-state index >= 15 is 0 Å².